The highest BCUT2D eigenvalue weighted by Crippen LogP contribution is 2.28. The van der Waals surface area contributed by atoms with E-state index in [0.29, 0.717) is 5.69 Å². The Morgan fingerprint density at radius 2 is 1.53 bits per heavy atom. The van der Waals surface area contributed by atoms with E-state index in [1.54, 1.807) is 17.0 Å². The highest BCUT2D eigenvalue weighted by atomic mass is 32.2. The standard InChI is InChI=1S/C18H21N7O.C2H6O3S/c1-18(2)24-15(19)23-16(20)25(18)14-10-8-13(9-11-14)22-17(26)21-12-6-4-3-5-7-12;1-2-6(3,4)5/h3-11H,1-2H3,(H2,21,22,26)(H4,19,20,23,24);2H2,1H3,(H,3,4,5). The molecule has 2 amide bonds. The zero-order valence-electron chi connectivity index (χ0n) is 18.0. The first-order chi connectivity index (χ1) is 14.9. The summed E-state index contributed by atoms with van der Waals surface area (Å²) in [6.07, 6.45) is 0. The van der Waals surface area contributed by atoms with Gasteiger partial charge in [0.15, 0.2) is 0 Å². The molecular formula is C20H27N7O4S. The number of nitrogens with one attached hydrogen (secondary N) is 2. The second-order valence-electron chi connectivity index (χ2n) is 7.13. The Kier molecular flexibility index (Phi) is 7.78. The van der Waals surface area contributed by atoms with E-state index < -0.39 is 15.8 Å². The van der Waals surface area contributed by atoms with E-state index in [9.17, 15) is 13.2 Å². The summed E-state index contributed by atoms with van der Waals surface area (Å²) >= 11 is 0. The summed E-state index contributed by atoms with van der Waals surface area (Å²) < 4.78 is 26.9. The third-order valence-corrected chi connectivity index (χ3v) is 4.90. The molecule has 2 aromatic carbocycles. The lowest BCUT2D eigenvalue weighted by molar-refractivity contribution is 0.262. The van der Waals surface area contributed by atoms with Gasteiger partial charge in [-0.1, -0.05) is 18.2 Å². The van der Waals surface area contributed by atoms with Crippen LogP contribution in [0.1, 0.15) is 20.8 Å². The summed E-state index contributed by atoms with van der Waals surface area (Å²) in [7, 11) is -3.66. The number of hydrogen-bond acceptors (Lipinski definition) is 8. The van der Waals surface area contributed by atoms with Gasteiger partial charge in [-0.3, -0.25) is 9.45 Å². The molecule has 1 aliphatic rings. The van der Waals surface area contributed by atoms with E-state index in [-0.39, 0.29) is 23.7 Å². The van der Waals surface area contributed by atoms with Gasteiger partial charge in [0.05, 0.1) is 5.75 Å². The Bertz CT molecular complexity index is 1100. The minimum Gasteiger partial charge on any atom is -0.369 e. The van der Waals surface area contributed by atoms with Gasteiger partial charge in [0, 0.05) is 17.1 Å². The number of amides is 2. The monoisotopic (exact) mass is 461 g/mol. The predicted octanol–water partition coefficient (Wildman–Crippen LogP) is 2.41. The number of nitrogens with two attached hydrogens (primary N) is 2. The van der Waals surface area contributed by atoms with Crippen molar-refractivity contribution in [1.82, 2.24) is 0 Å². The van der Waals surface area contributed by atoms with Gasteiger partial charge in [-0.05, 0) is 57.2 Å². The number of para-hydroxylation sites is 1. The van der Waals surface area contributed by atoms with Crippen molar-refractivity contribution in [2.24, 2.45) is 21.5 Å². The molecular weight excluding hydrogens is 434 g/mol. The molecule has 0 bridgehead atoms. The van der Waals surface area contributed by atoms with E-state index >= 15 is 0 Å². The van der Waals surface area contributed by atoms with Crippen LogP contribution in [0.5, 0.6) is 0 Å². The minimum atomic E-state index is -3.66. The van der Waals surface area contributed by atoms with Crippen LogP contribution in [-0.4, -0.2) is 42.3 Å². The third-order valence-electron chi connectivity index (χ3n) is 4.17. The number of rotatable bonds is 4. The van der Waals surface area contributed by atoms with Crippen molar-refractivity contribution in [2.75, 3.05) is 21.3 Å². The van der Waals surface area contributed by atoms with Gasteiger partial charge in [0.25, 0.3) is 10.1 Å². The molecule has 3 rings (SSSR count). The van der Waals surface area contributed by atoms with Crippen LogP contribution in [0, 0.1) is 0 Å². The Labute approximate surface area is 187 Å². The molecule has 2 aromatic rings. The van der Waals surface area contributed by atoms with Crippen molar-refractivity contribution in [3.05, 3.63) is 54.6 Å². The van der Waals surface area contributed by atoms with E-state index in [4.69, 9.17) is 16.0 Å². The van der Waals surface area contributed by atoms with Gasteiger partial charge in [0.2, 0.25) is 11.9 Å². The zero-order valence-corrected chi connectivity index (χ0v) is 18.8. The van der Waals surface area contributed by atoms with Crippen molar-refractivity contribution in [1.29, 1.82) is 0 Å². The van der Waals surface area contributed by atoms with Crippen molar-refractivity contribution in [3.8, 4) is 0 Å². The molecule has 0 radical (unpaired) electrons. The lowest BCUT2D eigenvalue weighted by Gasteiger charge is -2.38. The summed E-state index contributed by atoms with van der Waals surface area (Å²) in [6, 6.07) is 16.1. The maximum atomic E-state index is 12.1. The molecule has 1 aliphatic heterocycles. The van der Waals surface area contributed by atoms with Crippen LogP contribution in [0.4, 0.5) is 21.9 Å². The number of benzene rings is 2. The summed E-state index contributed by atoms with van der Waals surface area (Å²) in [5.74, 6) is 0.220. The molecule has 32 heavy (non-hydrogen) atoms. The number of aliphatic imine (C=N–C) groups is 2. The molecule has 12 heteroatoms. The van der Waals surface area contributed by atoms with Crippen LogP contribution in [0.15, 0.2) is 64.6 Å². The SMILES string of the molecule is CC1(C)N=C(N)N=C(N)N1c1ccc(NC(=O)Nc2ccccc2)cc1.CCS(=O)(=O)O. The second kappa shape index (κ2) is 10.1. The summed E-state index contributed by atoms with van der Waals surface area (Å²) in [4.78, 5) is 22.2. The number of guanidine groups is 2. The van der Waals surface area contributed by atoms with Crippen molar-refractivity contribution < 1.29 is 17.8 Å². The topological polar surface area (TPSA) is 175 Å². The third kappa shape index (κ3) is 7.25. The molecule has 7 N–H and O–H groups in total. The van der Waals surface area contributed by atoms with E-state index in [0.717, 1.165) is 11.4 Å². The second-order valence-corrected chi connectivity index (χ2v) is 8.87. The van der Waals surface area contributed by atoms with Gasteiger partial charge in [-0.15, -0.1) is 0 Å². The van der Waals surface area contributed by atoms with Crippen LogP contribution < -0.4 is 27.0 Å². The molecule has 11 nitrogen and oxygen atoms in total. The van der Waals surface area contributed by atoms with Crippen LogP contribution in [0.3, 0.4) is 0 Å². The summed E-state index contributed by atoms with van der Waals surface area (Å²) in [5, 5.41) is 5.54. The Hall–Kier alpha value is -3.64. The number of anilines is 3. The number of urea groups is 1. The number of hydrogen-bond donors (Lipinski definition) is 5. The normalized spacial score (nSPS) is 14.9. The number of carbonyl (C=O) groups excluding carboxylic acids is 1. The van der Waals surface area contributed by atoms with E-state index in [1.807, 2.05) is 56.3 Å². The minimum absolute atomic E-state index is 0.152. The smallest absolute Gasteiger partial charge is 0.323 e. The first kappa shape index (κ1) is 24.6. The maximum absolute atomic E-state index is 12.1. The van der Waals surface area contributed by atoms with Crippen LogP contribution in [0.25, 0.3) is 0 Å². The van der Waals surface area contributed by atoms with Gasteiger partial charge in [-0.25, -0.2) is 9.79 Å². The first-order valence-corrected chi connectivity index (χ1v) is 11.2. The molecule has 0 atom stereocenters. The molecule has 1 heterocycles. The van der Waals surface area contributed by atoms with Crippen molar-refractivity contribution >= 4 is 45.1 Å². The zero-order chi connectivity index (χ0) is 23.9. The lowest BCUT2D eigenvalue weighted by atomic mass is 10.1. The van der Waals surface area contributed by atoms with Gasteiger partial charge in [-0.2, -0.15) is 13.4 Å². The fourth-order valence-corrected chi connectivity index (χ4v) is 2.76. The highest BCUT2D eigenvalue weighted by Gasteiger charge is 2.32. The molecule has 0 spiro atoms. The average molecular weight is 462 g/mol. The van der Waals surface area contributed by atoms with Crippen molar-refractivity contribution in [3.63, 3.8) is 0 Å². The Morgan fingerprint density at radius 1 is 1.03 bits per heavy atom. The van der Waals surface area contributed by atoms with Crippen molar-refractivity contribution in [2.45, 2.75) is 26.4 Å². The van der Waals surface area contributed by atoms with E-state index in [1.165, 1.54) is 6.92 Å². The van der Waals surface area contributed by atoms with Crippen LogP contribution >= 0.6 is 0 Å². The first-order valence-electron chi connectivity index (χ1n) is 9.59. The lowest BCUT2D eigenvalue weighted by Crippen LogP contribution is -2.54. The molecule has 0 unspecified atom stereocenters. The quantitative estimate of drug-likeness (QED) is 0.434. The highest BCUT2D eigenvalue weighted by molar-refractivity contribution is 7.85. The molecule has 0 saturated carbocycles. The number of carbonyl (C=O) groups is 1. The van der Waals surface area contributed by atoms with Crippen LogP contribution in [-0.2, 0) is 10.1 Å². The number of nitrogens with zero attached hydrogens (tertiary/aromatic N) is 3. The maximum Gasteiger partial charge on any atom is 0.323 e. The Morgan fingerprint density at radius 3 is 2.00 bits per heavy atom. The fraction of sp³-hybridized carbons (Fsp3) is 0.250. The van der Waals surface area contributed by atoms with E-state index in [2.05, 4.69) is 20.6 Å². The largest absolute Gasteiger partial charge is 0.369 e. The summed E-state index contributed by atoms with van der Waals surface area (Å²) in [5.41, 5.74) is 13.2. The molecule has 0 fully saturated rings. The molecule has 0 aliphatic carbocycles. The average Bonchev–Trinajstić information content (AvgIpc) is 2.68. The fourth-order valence-electron chi connectivity index (χ4n) is 2.76. The molecule has 0 aromatic heterocycles. The van der Waals surface area contributed by atoms with Crippen LogP contribution in [0.2, 0.25) is 0 Å². The van der Waals surface area contributed by atoms with Gasteiger partial charge >= 0.3 is 6.03 Å². The van der Waals surface area contributed by atoms with Gasteiger partial charge < -0.3 is 22.1 Å². The van der Waals surface area contributed by atoms with Gasteiger partial charge in [0.1, 0.15) is 5.66 Å². The summed E-state index contributed by atoms with van der Waals surface area (Å²) in [6.45, 7) is 5.15. The molecule has 172 valence electrons. The molecule has 0 saturated heterocycles. The predicted molar refractivity (Wildman–Crippen MR) is 127 cm³/mol. The Balaban J connectivity index is 0.000000534.